The average molecular weight is 168 g/mol. The number of hydrogen-bond donors (Lipinski definition) is 1. The van der Waals surface area contributed by atoms with Gasteiger partial charge in [-0.1, -0.05) is 12.8 Å². The Morgan fingerprint density at radius 3 is 2.42 bits per heavy atom. The van der Waals surface area contributed by atoms with Crippen LogP contribution in [-0.4, -0.2) is 31.1 Å². The van der Waals surface area contributed by atoms with Gasteiger partial charge in [-0.3, -0.25) is 0 Å². The Hall–Kier alpha value is -0.0800. The second-order valence-electron chi connectivity index (χ2n) is 4.56. The van der Waals surface area contributed by atoms with Gasteiger partial charge in [0.25, 0.3) is 0 Å². The summed E-state index contributed by atoms with van der Waals surface area (Å²) in [6.07, 6.45) is 7.11. The molecule has 1 saturated heterocycles. The lowest BCUT2D eigenvalue weighted by Crippen LogP contribution is -2.55. The Bertz CT molecular complexity index is 142. The Labute approximate surface area is 75.1 Å². The van der Waals surface area contributed by atoms with Crippen molar-refractivity contribution < 1.29 is 0 Å². The normalized spacial score (nSPS) is 27.8. The molecule has 2 aliphatic rings. The molecule has 0 atom stereocenters. The fraction of sp³-hybridized carbons (Fsp3) is 1.00. The third kappa shape index (κ3) is 1.50. The van der Waals surface area contributed by atoms with E-state index in [-0.39, 0.29) is 0 Å². The minimum atomic E-state index is 0.772. The van der Waals surface area contributed by atoms with Crippen LogP contribution >= 0.6 is 0 Å². The minimum Gasteiger partial charge on any atom is -0.330 e. The van der Waals surface area contributed by atoms with Crippen LogP contribution in [0, 0.1) is 5.41 Å². The highest BCUT2D eigenvalue weighted by molar-refractivity contribution is 4.97. The van der Waals surface area contributed by atoms with E-state index in [1.807, 2.05) is 0 Å². The zero-order chi connectivity index (χ0) is 8.44. The van der Waals surface area contributed by atoms with E-state index in [0.717, 1.165) is 12.0 Å². The molecule has 2 rings (SSSR count). The molecule has 0 aromatic heterocycles. The lowest BCUT2D eigenvalue weighted by atomic mass is 9.78. The number of hydrogen-bond acceptors (Lipinski definition) is 2. The molecule has 0 aromatic carbocycles. The first-order chi connectivity index (χ1) is 5.85. The van der Waals surface area contributed by atoms with E-state index >= 15 is 0 Å². The van der Waals surface area contributed by atoms with E-state index in [4.69, 9.17) is 5.73 Å². The van der Waals surface area contributed by atoms with Gasteiger partial charge in [0.1, 0.15) is 0 Å². The van der Waals surface area contributed by atoms with Gasteiger partial charge in [0.15, 0.2) is 0 Å². The predicted molar refractivity (Wildman–Crippen MR) is 51.0 cm³/mol. The maximum absolute atomic E-state index is 5.47. The van der Waals surface area contributed by atoms with E-state index in [9.17, 15) is 0 Å². The highest BCUT2D eigenvalue weighted by Crippen LogP contribution is 2.45. The molecule has 0 amide bonds. The van der Waals surface area contributed by atoms with Crippen LogP contribution in [0.4, 0.5) is 0 Å². The highest BCUT2D eigenvalue weighted by Gasteiger charge is 2.43. The summed E-state index contributed by atoms with van der Waals surface area (Å²) in [6, 6.07) is 0. The van der Waals surface area contributed by atoms with Crippen molar-refractivity contribution in [3.63, 3.8) is 0 Å². The van der Waals surface area contributed by atoms with Gasteiger partial charge in [-0.2, -0.15) is 0 Å². The lowest BCUT2D eigenvalue weighted by Gasteiger charge is -2.48. The summed E-state index contributed by atoms with van der Waals surface area (Å²) in [6.45, 7) is 4.82. The fourth-order valence-electron chi connectivity index (χ4n) is 2.82. The molecule has 0 unspecified atom stereocenters. The first kappa shape index (κ1) is 8.52. The Balaban J connectivity index is 1.68. The summed E-state index contributed by atoms with van der Waals surface area (Å²) in [5.74, 6) is 0. The molecular formula is C10H20N2. The van der Waals surface area contributed by atoms with Crippen molar-refractivity contribution in [2.45, 2.75) is 32.1 Å². The second kappa shape index (κ2) is 3.35. The number of nitrogens with zero attached hydrogens (tertiary/aromatic N) is 1. The van der Waals surface area contributed by atoms with Gasteiger partial charge in [0.2, 0.25) is 0 Å². The van der Waals surface area contributed by atoms with E-state index < -0.39 is 0 Å². The standard InChI is InChI=1S/C10H20N2/c11-6-3-7-12-8-10(9-12)4-1-2-5-10/h1-9,11H2. The summed E-state index contributed by atoms with van der Waals surface area (Å²) >= 11 is 0. The fourth-order valence-corrected chi connectivity index (χ4v) is 2.82. The summed E-state index contributed by atoms with van der Waals surface area (Å²) in [7, 11) is 0. The van der Waals surface area contributed by atoms with Gasteiger partial charge in [0.05, 0.1) is 0 Å². The second-order valence-corrected chi connectivity index (χ2v) is 4.56. The quantitative estimate of drug-likeness (QED) is 0.686. The topological polar surface area (TPSA) is 29.3 Å². The van der Waals surface area contributed by atoms with Crippen molar-refractivity contribution in [2.24, 2.45) is 11.1 Å². The number of rotatable bonds is 3. The largest absolute Gasteiger partial charge is 0.330 e. The van der Waals surface area contributed by atoms with Crippen molar-refractivity contribution in [2.75, 3.05) is 26.2 Å². The predicted octanol–water partition coefficient (Wildman–Crippen LogP) is 1.21. The van der Waals surface area contributed by atoms with Crippen LogP contribution in [0.25, 0.3) is 0 Å². The van der Waals surface area contributed by atoms with E-state index in [1.165, 1.54) is 51.7 Å². The van der Waals surface area contributed by atoms with Crippen LogP contribution in [0.5, 0.6) is 0 Å². The minimum absolute atomic E-state index is 0.772. The SMILES string of the molecule is NCCCN1CC2(CCCC2)C1. The lowest BCUT2D eigenvalue weighted by molar-refractivity contribution is 0.00613. The number of nitrogens with two attached hydrogens (primary N) is 1. The van der Waals surface area contributed by atoms with Crippen LogP contribution < -0.4 is 5.73 Å². The maximum Gasteiger partial charge on any atom is 0.00505 e. The Morgan fingerprint density at radius 2 is 1.83 bits per heavy atom. The van der Waals surface area contributed by atoms with Crippen LogP contribution in [0.1, 0.15) is 32.1 Å². The van der Waals surface area contributed by atoms with Crippen LogP contribution in [0.3, 0.4) is 0 Å². The number of likely N-dealkylation sites (tertiary alicyclic amines) is 1. The summed E-state index contributed by atoms with van der Waals surface area (Å²) in [4.78, 5) is 2.57. The Morgan fingerprint density at radius 1 is 1.17 bits per heavy atom. The van der Waals surface area contributed by atoms with Crippen LogP contribution in [0.15, 0.2) is 0 Å². The van der Waals surface area contributed by atoms with Crippen molar-refractivity contribution >= 4 is 0 Å². The summed E-state index contributed by atoms with van der Waals surface area (Å²) < 4.78 is 0. The highest BCUT2D eigenvalue weighted by atomic mass is 15.2. The molecule has 2 heteroatoms. The maximum atomic E-state index is 5.47. The molecule has 1 saturated carbocycles. The van der Waals surface area contributed by atoms with E-state index in [0.29, 0.717) is 0 Å². The van der Waals surface area contributed by atoms with E-state index in [2.05, 4.69) is 4.90 Å². The summed E-state index contributed by atoms with van der Waals surface area (Å²) in [5, 5.41) is 0. The molecule has 2 N–H and O–H groups in total. The van der Waals surface area contributed by atoms with Gasteiger partial charge >= 0.3 is 0 Å². The van der Waals surface area contributed by atoms with Crippen LogP contribution in [0.2, 0.25) is 0 Å². The monoisotopic (exact) mass is 168 g/mol. The third-order valence-electron chi connectivity index (χ3n) is 3.46. The van der Waals surface area contributed by atoms with Gasteiger partial charge in [0, 0.05) is 13.1 Å². The molecular weight excluding hydrogens is 148 g/mol. The smallest absolute Gasteiger partial charge is 0.00505 e. The average Bonchev–Trinajstić information content (AvgIpc) is 2.46. The molecule has 12 heavy (non-hydrogen) atoms. The molecule has 0 aromatic rings. The summed E-state index contributed by atoms with van der Waals surface area (Å²) in [5.41, 5.74) is 6.25. The molecule has 1 spiro atoms. The third-order valence-corrected chi connectivity index (χ3v) is 3.46. The molecule has 1 aliphatic carbocycles. The van der Waals surface area contributed by atoms with E-state index in [1.54, 1.807) is 0 Å². The van der Waals surface area contributed by atoms with Gasteiger partial charge in [-0.15, -0.1) is 0 Å². The molecule has 1 heterocycles. The van der Waals surface area contributed by atoms with Crippen molar-refractivity contribution in [3.05, 3.63) is 0 Å². The van der Waals surface area contributed by atoms with Crippen molar-refractivity contribution in [3.8, 4) is 0 Å². The van der Waals surface area contributed by atoms with Crippen molar-refractivity contribution in [1.29, 1.82) is 0 Å². The zero-order valence-corrected chi connectivity index (χ0v) is 7.89. The first-order valence-corrected chi connectivity index (χ1v) is 5.27. The Kier molecular flexibility index (Phi) is 2.37. The molecule has 0 radical (unpaired) electrons. The molecule has 70 valence electrons. The zero-order valence-electron chi connectivity index (χ0n) is 7.89. The van der Waals surface area contributed by atoms with Gasteiger partial charge in [-0.05, 0) is 37.8 Å². The van der Waals surface area contributed by atoms with Crippen molar-refractivity contribution in [1.82, 2.24) is 4.90 Å². The molecule has 1 aliphatic heterocycles. The molecule has 2 fully saturated rings. The van der Waals surface area contributed by atoms with Gasteiger partial charge in [-0.25, -0.2) is 0 Å². The molecule has 0 bridgehead atoms. The van der Waals surface area contributed by atoms with Crippen LogP contribution in [-0.2, 0) is 0 Å². The first-order valence-electron chi connectivity index (χ1n) is 5.27. The van der Waals surface area contributed by atoms with Gasteiger partial charge < -0.3 is 10.6 Å². The molecule has 2 nitrogen and oxygen atoms in total.